The lowest BCUT2D eigenvalue weighted by Crippen LogP contribution is -2.23. The maximum Gasteiger partial charge on any atom is -0.0171 e. The average molecular weight is 132 g/mol. The lowest BCUT2D eigenvalue weighted by atomic mass is 9.76. The number of allylic oxidation sites excluding steroid dienone is 2. The Bertz CT molecular complexity index is 188. The van der Waals surface area contributed by atoms with Crippen molar-refractivity contribution >= 4 is 0 Å². The summed E-state index contributed by atoms with van der Waals surface area (Å²) in [6, 6.07) is 0. The highest BCUT2D eigenvalue weighted by Gasteiger charge is 2.65. The van der Waals surface area contributed by atoms with Crippen molar-refractivity contribution in [3.63, 3.8) is 0 Å². The molecular weight excluding hydrogens is 120 g/mol. The summed E-state index contributed by atoms with van der Waals surface area (Å²) < 4.78 is 0. The quantitative estimate of drug-likeness (QED) is 0.443. The minimum absolute atomic E-state index is 1.06. The molecule has 0 nitrogen and oxygen atoms in total. The van der Waals surface area contributed by atoms with E-state index in [4.69, 9.17) is 0 Å². The molecule has 0 heteroatoms. The zero-order valence-corrected chi connectivity index (χ0v) is 6.03. The third-order valence-electron chi connectivity index (χ3n) is 4.32. The van der Waals surface area contributed by atoms with Crippen LogP contribution in [0.15, 0.2) is 12.2 Å². The Morgan fingerprint density at radius 2 is 1.10 bits per heavy atom. The Morgan fingerprint density at radius 1 is 0.700 bits per heavy atom. The predicted molar refractivity (Wildman–Crippen MR) is 39.3 cm³/mol. The first-order chi connectivity index (χ1) is 4.95. The van der Waals surface area contributed by atoms with Crippen molar-refractivity contribution in [3.8, 4) is 0 Å². The normalized spacial score (nSPS) is 72.8. The highest BCUT2D eigenvalue weighted by molar-refractivity contribution is 5.25. The van der Waals surface area contributed by atoms with E-state index in [0.29, 0.717) is 0 Å². The Hall–Kier alpha value is -0.260. The summed E-state index contributed by atoms with van der Waals surface area (Å²) in [5.41, 5.74) is 0. The van der Waals surface area contributed by atoms with Gasteiger partial charge in [0, 0.05) is 0 Å². The van der Waals surface area contributed by atoms with Gasteiger partial charge in [-0.1, -0.05) is 12.2 Å². The summed E-state index contributed by atoms with van der Waals surface area (Å²) >= 11 is 0. The van der Waals surface area contributed by atoms with Crippen LogP contribution in [0.4, 0.5) is 0 Å². The van der Waals surface area contributed by atoms with Gasteiger partial charge in [-0.15, -0.1) is 0 Å². The van der Waals surface area contributed by atoms with Crippen LogP contribution < -0.4 is 0 Å². The second-order valence-electron chi connectivity index (χ2n) is 4.67. The van der Waals surface area contributed by atoms with Gasteiger partial charge in [0.25, 0.3) is 0 Å². The predicted octanol–water partition coefficient (Wildman–Crippen LogP) is 2.07. The van der Waals surface area contributed by atoms with Gasteiger partial charge < -0.3 is 0 Å². The SMILES string of the molecule is C1=CC2C3CC3C1C1CC21. The van der Waals surface area contributed by atoms with Gasteiger partial charge >= 0.3 is 0 Å². The van der Waals surface area contributed by atoms with Crippen LogP contribution in [0.25, 0.3) is 0 Å². The van der Waals surface area contributed by atoms with E-state index in [1.165, 1.54) is 23.7 Å². The summed E-state index contributed by atoms with van der Waals surface area (Å²) in [6.07, 6.45) is 8.23. The number of hydrogen-bond donors (Lipinski definition) is 0. The van der Waals surface area contributed by atoms with Gasteiger partial charge in [-0.05, 0) is 48.3 Å². The Kier molecular flexibility index (Phi) is 0.508. The lowest BCUT2D eigenvalue weighted by molar-refractivity contribution is 0.290. The fourth-order valence-electron chi connectivity index (χ4n) is 3.70. The van der Waals surface area contributed by atoms with Gasteiger partial charge in [-0.3, -0.25) is 0 Å². The molecule has 0 spiro atoms. The molecule has 0 heterocycles. The van der Waals surface area contributed by atoms with E-state index in [0.717, 1.165) is 11.8 Å². The van der Waals surface area contributed by atoms with Crippen LogP contribution in [-0.4, -0.2) is 0 Å². The maximum absolute atomic E-state index is 2.53. The average Bonchev–Trinajstić information content (AvgIpc) is 2.83. The van der Waals surface area contributed by atoms with Crippen molar-refractivity contribution in [2.24, 2.45) is 35.5 Å². The van der Waals surface area contributed by atoms with Gasteiger partial charge in [-0.25, -0.2) is 0 Å². The molecule has 0 radical (unpaired) electrons. The van der Waals surface area contributed by atoms with Crippen molar-refractivity contribution in [2.75, 3.05) is 0 Å². The van der Waals surface area contributed by atoms with Crippen molar-refractivity contribution < 1.29 is 0 Å². The van der Waals surface area contributed by atoms with Crippen LogP contribution in [0.3, 0.4) is 0 Å². The first kappa shape index (κ1) is 4.58. The Balaban J connectivity index is 1.93. The van der Waals surface area contributed by atoms with E-state index in [-0.39, 0.29) is 0 Å². The molecule has 5 rings (SSSR count). The smallest absolute Gasteiger partial charge is 0.0171 e. The molecule has 0 N–H and O–H groups in total. The Labute approximate surface area is 61.3 Å². The molecule has 0 aromatic rings. The van der Waals surface area contributed by atoms with Crippen molar-refractivity contribution in [3.05, 3.63) is 12.2 Å². The van der Waals surface area contributed by atoms with Crippen LogP contribution in [0.1, 0.15) is 12.8 Å². The topological polar surface area (TPSA) is 0 Å². The minimum Gasteiger partial charge on any atom is -0.0845 e. The van der Waals surface area contributed by atoms with E-state index < -0.39 is 0 Å². The second-order valence-corrected chi connectivity index (χ2v) is 4.67. The summed E-state index contributed by atoms with van der Waals surface area (Å²) in [5, 5.41) is 0. The van der Waals surface area contributed by atoms with Crippen molar-refractivity contribution in [1.29, 1.82) is 0 Å². The number of hydrogen-bond acceptors (Lipinski definition) is 0. The highest BCUT2D eigenvalue weighted by atomic mass is 14.7. The highest BCUT2D eigenvalue weighted by Crippen LogP contribution is 2.71. The van der Waals surface area contributed by atoms with Gasteiger partial charge in [-0.2, -0.15) is 0 Å². The van der Waals surface area contributed by atoms with E-state index >= 15 is 0 Å². The molecular formula is C10H12. The molecule has 3 saturated carbocycles. The molecule has 10 heavy (non-hydrogen) atoms. The van der Waals surface area contributed by atoms with Gasteiger partial charge in [0.15, 0.2) is 0 Å². The van der Waals surface area contributed by atoms with Crippen LogP contribution in [0.5, 0.6) is 0 Å². The molecule has 0 saturated heterocycles. The van der Waals surface area contributed by atoms with Crippen molar-refractivity contribution in [1.82, 2.24) is 0 Å². The monoisotopic (exact) mass is 132 g/mol. The molecule has 4 atom stereocenters. The zero-order valence-electron chi connectivity index (χ0n) is 6.03. The molecule has 0 aromatic carbocycles. The van der Waals surface area contributed by atoms with E-state index in [2.05, 4.69) is 12.2 Å². The second kappa shape index (κ2) is 1.11. The molecule has 5 aliphatic carbocycles. The first-order valence-electron chi connectivity index (χ1n) is 4.63. The third kappa shape index (κ3) is 0.328. The maximum atomic E-state index is 2.53. The summed E-state index contributed by atoms with van der Waals surface area (Å²) in [4.78, 5) is 0. The fourth-order valence-corrected chi connectivity index (χ4v) is 3.70. The molecule has 2 bridgehead atoms. The van der Waals surface area contributed by atoms with E-state index in [1.807, 2.05) is 0 Å². The van der Waals surface area contributed by atoms with Gasteiger partial charge in [0.1, 0.15) is 0 Å². The zero-order chi connectivity index (χ0) is 6.29. The molecule has 0 aromatic heterocycles. The molecule has 4 unspecified atom stereocenters. The molecule has 5 aliphatic rings. The van der Waals surface area contributed by atoms with Gasteiger partial charge in [0.2, 0.25) is 0 Å². The Morgan fingerprint density at radius 3 is 1.50 bits per heavy atom. The lowest BCUT2D eigenvalue weighted by Gasteiger charge is -2.28. The fraction of sp³-hybridized carbons (Fsp3) is 0.800. The largest absolute Gasteiger partial charge is 0.0845 e. The van der Waals surface area contributed by atoms with Crippen LogP contribution >= 0.6 is 0 Å². The van der Waals surface area contributed by atoms with Crippen LogP contribution in [0, 0.1) is 35.5 Å². The summed E-state index contributed by atoms with van der Waals surface area (Å²) in [7, 11) is 0. The summed E-state index contributed by atoms with van der Waals surface area (Å²) in [6.45, 7) is 0. The third-order valence-corrected chi connectivity index (χ3v) is 4.32. The number of rotatable bonds is 0. The van der Waals surface area contributed by atoms with Crippen LogP contribution in [0.2, 0.25) is 0 Å². The molecule has 0 aliphatic heterocycles. The van der Waals surface area contributed by atoms with Crippen LogP contribution in [-0.2, 0) is 0 Å². The molecule has 52 valence electrons. The standard InChI is InChI=1S/C10H12/c1-2-6-9-3-7(9)5(1)8-4-10(6)8/h1-2,5-10H,3-4H2. The molecule has 0 amide bonds. The summed E-state index contributed by atoms with van der Waals surface area (Å²) in [5.74, 6) is 6.77. The van der Waals surface area contributed by atoms with Gasteiger partial charge in [0.05, 0.1) is 0 Å². The van der Waals surface area contributed by atoms with E-state index in [1.54, 1.807) is 12.8 Å². The first-order valence-corrected chi connectivity index (χ1v) is 4.63. The van der Waals surface area contributed by atoms with Crippen molar-refractivity contribution in [2.45, 2.75) is 12.8 Å². The minimum atomic E-state index is 1.06. The molecule has 3 fully saturated rings. The van der Waals surface area contributed by atoms with E-state index in [9.17, 15) is 0 Å².